The van der Waals surface area contributed by atoms with E-state index in [2.05, 4.69) is 6.92 Å². The van der Waals surface area contributed by atoms with E-state index in [-0.39, 0.29) is 0 Å². The summed E-state index contributed by atoms with van der Waals surface area (Å²) in [6.07, 6.45) is 7.20. The van der Waals surface area contributed by atoms with Crippen LogP contribution in [0.25, 0.3) is 0 Å². The van der Waals surface area contributed by atoms with Crippen LogP contribution in [0, 0.1) is 0 Å². The Bertz CT molecular complexity index is 182. The van der Waals surface area contributed by atoms with Gasteiger partial charge in [0.15, 0.2) is 0 Å². The normalized spacial score (nSPS) is 28.5. The molecule has 0 aromatic carbocycles. The predicted octanol–water partition coefficient (Wildman–Crippen LogP) is 1.93. The molecule has 0 unspecified atom stereocenters. The van der Waals surface area contributed by atoms with Crippen molar-refractivity contribution in [3.63, 3.8) is 0 Å². The molecule has 0 saturated carbocycles. The molecule has 0 radical (unpaired) electrons. The fourth-order valence-electron chi connectivity index (χ4n) is 1.15. The van der Waals surface area contributed by atoms with Crippen LogP contribution in [-0.2, 0) is 4.74 Å². The largest absolute Gasteiger partial charge is 0.468 e. The summed E-state index contributed by atoms with van der Waals surface area (Å²) in [6.45, 7) is 2.59. The molecule has 1 rings (SSSR count). The van der Waals surface area contributed by atoms with Crippen LogP contribution in [0.2, 0.25) is 0 Å². The molecule has 0 fully saturated rings. The van der Waals surface area contributed by atoms with E-state index in [1.807, 2.05) is 6.08 Å². The molecule has 0 aromatic rings. The molecule has 0 aromatic heterocycles. The summed E-state index contributed by atoms with van der Waals surface area (Å²) in [6, 6.07) is 0. The molecule has 1 aliphatic rings. The number of nitrogens with two attached hydrogens (primary N) is 1. The zero-order valence-electron chi connectivity index (χ0n) is 6.97. The highest BCUT2D eigenvalue weighted by atomic mass is 16.5. The average Bonchev–Trinajstić information content (AvgIpc) is 1.98. The number of ether oxygens (including phenoxy) is 1. The second-order valence-corrected chi connectivity index (χ2v) is 2.79. The van der Waals surface area contributed by atoms with Gasteiger partial charge in [-0.3, -0.25) is 0 Å². The third kappa shape index (κ3) is 2.39. The maximum Gasteiger partial charge on any atom is 0.116 e. The van der Waals surface area contributed by atoms with Gasteiger partial charge in [-0.05, 0) is 37.8 Å². The minimum Gasteiger partial charge on any atom is -0.468 e. The second kappa shape index (κ2) is 4.19. The van der Waals surface area contributed by atoms with Crippen molar-refractivity contribution in [1.29, 1.82) is 0 Å². The van der Waals surface area contributed by atoms with Gasteiger partial charge in [-0.2, -0.15) is 0 Å². The summed E-state index contributed by atoms with van der Waals surface area (Å²) in [5.74, 6) is 0.931. The highest BCUT2D eigenvalue weighted by Gasteiger charge is 2.02. The van der Waals surface area contributed by atoms with Crippen LogP contribution in [0.1, 0.15) is 26.2 Å². The second-order valence-electron chi connectivity index (χ2n) is 2.79. The predicted molar refractivity (Wildman–Crippen MR) is 45.8 cm³/mol. The molecule has 0 saturated heterocycles. The van der Waals surface area contributed by atoms with Crippen molar-refractivity contribution in [2.24, 2.45) is 5.73 Å². The average molecular weight is 153 g/mol. The first-order valence-corrected chi connectivity index (χ1v) is 4.05. The van der Waals surface area contributed by atoms with E-state index < -0.39 is 0 Å². The minimum atomic E-state index is 0.510. The number of hydrogen-bond acceptors (Lipinski definition) is 2. The monoisotopic (exact) mass is 153 g/mol. The maximum absolute atomic E-state index is 5.50. The highest BCUT2D eigenvalue weighted by Crippen LogP contribution is 2.15. The summed E-state index contributed by atoms with van der Waals surface area (Å²) in [4.78, 5) is 0. The van der Waals surface area contributed by atoms with Gasteiger partial charge < -0.3 is 10.5 Å². The van der Waals surface area contributed by atoms with Crippen LogP contribution >= 0.6 is 0 Å². The van der Waals surface area contributed by atoms with E-state index in [9.17, 15) is 0 Å². The van der Waals surface area contributed by atoms with E-state index in [4.69, 9.17) is 10.5 Å². The molecule has 0 bridgehead atoms. The van der Waals surface area contributed by atoms with Crippen LogP contribution in [0.5, 0.6) is 0 Å². The van der Waals surface area contributed by atoms with Crippen molar-refractivity contribution in [3.05, 3.63) is 23.7 Å². The molecule has 2 nitrogen and oxygen atoms in total. The number of allylic oxidation sites excluding steroid dienone is 2. The lowest BCUT2D eigenvalue weighted by Crippen LogP contribution is -2.07. The van der Waals surface area contributed by atoms with Crippen molar-refractivity contribution in [3.8, 4) is 0 Å². The highest BCUT2D eigenvalue weighted by molar-refractivity contribution is 5.09. The Labute approximate surface area is 67.7 Å². The SMILES string of the molecule is C/C1=C(\CN)O/C=C/CCC1. The lowest BCUT2D eigenvalue weighted by Gasteiger charge is -2.11. The molecule has 2 heteroatoms. The first kappa shape index (κ1) is 8.34. The van der Waals surface area contributed by atoms with Gasteiger partial charge in [-0.1, -0.05) is 0 Å². The summed E-state index contributed by atoms with van der Waals surface area (Å²) < 4.78 is 5.32. The fourth-order valence-corrected chi connectivity index (χ4v) is 1.15. The fraction of sp³-hybridized carbons (Fsp3) is 0.556. The Hall–Kier alpha value is -0.760. The van der Waals surface area contributed by atoms with Gasteiger partial charge in [0.25, 0.3) is 0 Å². The summed E-state index contributed by atoms with van der Waals surface area (Å²) in [5, 5.41) is 0. The minimum absolute atomic E-state index is 0.510. The van der Waals surface area contributed by atoms with Crippen molar-refractivity contribution in [1.82, 2.24) is 0 Å². The van der Waals surface area contributed by atoms with E-state index in [1.165, 1.54) is 12.0 Å². The standard InChI is InChI=1S/C9H15NO/c1-8-5-3-2-4-6-11-9(8)7-10/h4,6H,2-3,5,7,10H2,1H3/b6-4+,9-8-. The van der Waals surface area contributed by atoms with Crippen LogP contribution < -0.4 is 5.73 Å². The quantitative estimate of drug-likeness (QED) is 0.624. The molecule has 0 spiro atoms. The Morgan fingerprint density at radius 1 is 1.64 bits per heavy atom. The molecule has 0 atom stereocenters. The van der Waals surface area contributed by atoms with E-state index >= 15 is 0 Å². The topological polar surface area (TPSA) is 35.2 Å². The molecule has 1 heterocycles. The third-order valence-electron chi connectivity index (χ3n) is 1.89. The first-order chi connectivity index (χ1) is 5.34. The van der Waals surface area contributed by atoms with Crippen LogP contribution in [0.15, 0.2) is 23.7 Å². The Kier molecular flexibility index (Phi) is 3.17. The molecule has 1 aliphatic heterocycles. The van der Waals surface area contributed by atoms with Gasteiger partial charge in [0.1, 0.15) is 5.76 Å². The molecular formula is C9H15NO. The molecule has 0 amide bonds. The van der Waals surface area contributed by atoms with Crippen molar-refractivity contribution in [2.75, 3.05) is 6.54 Å². The summed E-state index contributed by atoms with van der Waals surface area (Å²) in [7, 11) is 0. The molecule has 2 N–H and O–H groups in total. The van der Waals surface area contributed by atoms with Gasteiger partial charge in [0, 0.05) is 0 Å². The molecule has 11 heavy (non-hydrogen) atoms. The molecular weight excluding hydrogens is 138 g/mol. The van der Waals surface area contributed by atoms with Crippen molar-refractivity contribution < 1.29 is 4.74 Å². The van der Waals surface area contributed by atoms with Gasteiger partial charge >= 0.3 is 0 Å². The number of rotatable bonds is 1. The summed E-state index contributed by atoms with van der Waals surface area (Å²) in [5.41, 5.74) is 6.79. The van der Waals surface area contributed by atoms with E-state index in [0.717, 1.165) is 18.6 Å². The van der Waals surface area contributed by atoms with Gasteiger partial charge in [-0.25, -0.2) is 0 Å². The van der Waals surface area contributed by atoms with Crippen LogP contribution in [0.4, 0.5) is 0 Å². The lowest BCUT2D eigenvalue weighted by atomic mass is 10.1. The zero-order valence-corrected chi connectivity index (χ0v) is 6.97. The first-order valence-electron chi connectivity index (χ1n) is 4.05. The molecule has 0 aliphatic carbocycles. The van der Waals surface area contributed by atoms with Crippen molar-refractivity contribution >= 4 is 0 Å². The zero-order chi connectivity index (χ0) is 8.10. The Balaban J connectivity index is 2.65. The van der Waals surface area contributed by atoms with E-state index in [0.29, 0.717) is 6.54 Å². The van der Waals surface area contributed by atoms with Crippen LogP contribution in [-0.4, -0.2) is 6.54 Å². The van der Waals surface area contributed by atoms with Crippen LogP contribution in [0.3, 0.4) is 0 Å². The van der Waals surface area contributed by atoms with Crippen molar-refractivity contribution in [2.45, 2.75) is 26.2 Å². The summed E-state index contributed by atoms with van der Waals surface area (Å²) >= 11 is 0. The smallest absolute Gasteiger partial charge is 0.116 e. The van der Waals surface area contributed by atoms with E-state index in [1.54, 1.807) is 6.26 Å². The Morgan fingerprint density at radius 3 is 3.18 bits per heavy atom. The third-order valence-corrected chi connectivity index (χ3v) is 1.89. The van der Waals surface area contributed by atoms with Gasteiger partial charge in [-0.15, -0.1) is 0 Å². The Morgan fingerprint density at radius 2 is 2.45 bits per heavy atom. The maximum atomic E-state index is 5.50. The lowest BCUT2D eigenvalue weighted by molar-refractivity contribution is 0.332. The number of hydrogen-bond donors (Lipinski definition) is 1. The molecule has 62 valence electrons. The van der Waals surface area contributed by atoms with Gasteiger partial charge in [0.05, 0.1) is 12.8 Å². The van der Waals surface area contributed by atoms with Gasteiger partial charge in [0.2, 0.25) is 0 Å².